The fraction of sp³-hybridized carbons (Fsp3) is 0.455. The summed E-state index contributed by atoms with van der Waals surface area (Å²) in [6.45, 7) is 5.83. The van der Waals surface area contributed by atoms with Gasteiger partial charge in [-0.2, -0.15) is 0 Å². The van der Waals surface area contributed by atoms with Gasteiger partial charge in [-0.15, -0.1) is 0 Å². The Hall–Kier alpha value is -3.16. The van der Waals surface area contributed by atoms with Gasteiger partial charge in [0.2, 0.25) is 11.8 Å². The summed E-state index contributed by atoms with van der Waals surface area (Å²) in [5.41, 5.74) is 6.37. The predicted octanol–water partition coefficient (Wildman–Crippen LogP) is 1.42. The highest BCUT2D eigenvalue weighted by Gasteiger charge is 2.31. The Morgan fingerprint density at radius 2 is 1.70 bits per heavy atom. The second kappa shape index (κ2) is 9.11. The van der Waals surface area contributed by atoms with Crippen LogP contribution >= 0.6 is 0 Å². The van der Waals surface area contributed by atoms with E-state index in [0.29, 0.717) is 50.0 Å². The molecule has 2 N–H and O–H groups in total. The molecule has 30 heavy (non-hydrogen) atoms. The van der Waals surface area contributed by atoms with Crippen LogP contribution in [0.25, 0.3) is 10.9 Å². The van der Waals surface area contributed by atoms with E-state index in [0.717, 1.165) is 5.52 Å². The van der Waals surface area contributed by atoms with Crippen LogP contribution in [0.3, 0.4) is 0 Å². The van der Waals surface area contributed by atoms with Crippen LogP contribution in [-0.4, -0.2) is 64.1 Å². The van der Waals surface area contributed by atoms with Crippen molar-refractivity contribution in [2.75, 3.05) is 26.2 Å². The number of nitrogens with two attached hydrogens (primary N) is 1. The Kier molecular flexibility index (Phi) is 6.54. The Labute approximate surface area is 175 Å². The maximum Gasteiger partial charge on any atom is 0.295 e. The second-order valence-electron chi connectivity index (χ2n) is 7.55. The van der Waals surface area contributed by atoms with Crippen molar-refractivity contribution in [2.24, 2.45) is 11.7 Å². The minimum absolute atomic E-state index is 0.0420. The first-order valence-corrected chi connectivity index (χ1v) is 10.4. The van der Waals surface area contributed by atoms with Crippen LogP contribution in [0.1, 0.15) is 37.0 Å². The molecule has 0 atom stereocenters. The minimum Gasteiger partial charge on any atom is -0.369 e. The molecule has 0 unspecified atom stereocenters. The van der Waals surface area contributed by atoms with Gasteiger partial charge < -0.3 is 20.1 Å². The van der Waals surface area contributed by atoms with Gasteiger partial charge in [-0.25, -0.2) is 0 Å². The molecule has 3 amide bonds. The molecule has 0 saturated carbocycles. The van der Waals surface area contributed by atoms with Crippen LogP contribution < -0.4 is 5.73 Å². The van der Waals surface area contributed by atoms with Gasteiger partial charge in [0.25, 0.3) is 11.7 Å². The number of fused-ring (bicyclic) bond motifs is 1. The molecule has 2 aromatic rings. The molecule has 8 heteroatoms. The van der Waals surface area contributed by atoms with E-state index in [9.17, 15) is 19.2 Å². The Morgan fingerprint density at radius 3 is 2.30 bits per heavy atom. The molecule has 8 nitrogen and oxygen atoms in total. The van der Waals surface area contributed by atoms with Crippen molar-refractivity contribution >= 4 is 34.4 Å². The Morgan fingerprint density at radius 1 is 1.07 bits per heavy atom. The highest BCUT2D eigenvalue weighted by atomic mass is 16.2. The van der Waals surface area contributed by atoms with Crippen molar-refractivity contribution in [1.29, 1.82) is 0 Å². The minimum atomic E-state index is -0.599. The molecule has 1 aromatic carbocycles. The van der Waals surface area contributed by atoms with Crippen LogP contribution in [-0.2, 0) is 20.9 Å². The van der Waals surface area contributed by atoms with E-state index in [2.05, 4.69) is 0 Å². The number of nitrogens with zero attached hydrogens (tertiary/aromatic N) is 3. The number of para-hydroxylation sites is 1. The predicted molar refractivity (Wildman–Crippen MR) is 113 cm³/mol. The molecule has 1 aliphatic rings. The van der Waals surface area contributed by atoms with Crippen molar-refractivity contribution in [3.05, 3.63) is 36.0 Å². The van der Waals surface area contributed by atoms with Gasteiger partial charge in [0.15, 0.2) is 0 Å². The van der Waals surface area contributed by atoms with Crippen molar-refractivity contribution in [3.63, 3.8) is 0 Å². The first-order chi connectivity index (χ1) is 14.4. The number of benzene rings is 1. The summed E-state index contributed by atoms with van der Waals surface area (Å²) in [5.74, 6) is -1.85. The summed E-state index contributed by atoms with van der Waals surface area (Å²) in [4.78, 5) is 53.0. The number of aromatic nitrogens is 1. The topological polar surface area (TPSA) is 106 Å². The summed E-state index contributed by atoms with van der Waals surface area (Å²) < 4.78 is 1.73. The van der Waals surface area contributed by atoms with Gasteiger partial charge in [-0.1, -0.05) is 18.2 Å². The van der Waals surface area contributed by atoms with Gasteiger partial charge in [-0.05, 0) is 32.8 Å². The lowest BCUT2D eigenvalue weighted by Gasteiger charge is -2.29. The van der Waals surface area contributed by atoms with E-state index in [1.165, 1.54) is 4.90 Å². The molecule has 160 valence electrons. The van der Waals surface area contributed by atoms with Gasteiger partial charge >= 0.3 is 0 Å². The number of amides is 3. The zero-order valence-electron chi connectivity index (χ0n) is 17.5. The number of primary amides is 1. The second-order valence-corrected chi connectivity index (χ2v) is 7.55. The number of likely N-dealkylation sites (tertiary alicyclic amines) is 1. The molecular formula is C22H28N4O4. The normalized spacial score (nSPS) is 14.7. The molecule has 1 aromatic heterocycles. The lowest BCUT2D eigenvalue weighted by atomic mass is 9.95. The first-order valence-electron chi connectivity index (χ1n) is 10.4. The summed E-state index contributed by atoms with van der Waals surface area (Å²) in [6.07, 6.45) is 2.53. The van der Waals surface area contributed by atoms with E-state index < -0.39 is 11.7 Å². The Balaban J connectivity index is 1.83. The van der Waals surface area contributed by atoms with E-state index >= 15 is 0 Å². The van der Waals surface area contributed by atoms with Crippen LogP contribution in [0.5, 0.6) is 0 Å². The van der Waals surface area contributed by atoms with Gasteiger partial charge in [0, 0.05) is 49.2 Å². The van der Waals surface area contributed by atoms with E-state index in [1.807, 2.05) is 26.0 Å². The van der Waals surface area contributed by atoms with Gasteiger partial charge in [-0.3, -0.25) is 19.2 Å². The van der Waals surface area contributed by atoms with Crippen molar-refractivity contribution in [1.82, 2.24) is 14.4 Å². The summed E-state index contributed by atoms with van der Waals surface area (Å²) in [5, 5.41) is 0.648. The summed E-state index contributed by atoms with van der Waals surface area (Å²) >= 11 is 0. The number of carbonyl (C=O) groups excluding carboxylic acids is 4. The average Bonchev–Trinajstić information content (AvgIpc) is 3.12. The molecule has 3 rings (SSSR count). The maximum atomic E-state index is 13.0. The lowest BCUT2D eigenvalue weighted by molar-refractivity contribution is -0.131. The lowest BCUT2D eigenvalue weighted by Crippen LogP contribution is -2.44. The zero-order valence-corrected chi connectivity index (χ0v) is 17.5. The average molecular weight is 412 g/mol. The highest BCUT2D eigenvalue weighted by Crippen LogP contribution is 2.24. The quantitative estimate of drug-likeness (QED) is 0.548. The van der Waals surface area contributed by atoms with Crippen LogP contribution in [0.15, 0.2) is 30.5 Å². The SMILES string of the molecule is CCN(CC)C(=O)Cn1cc(C(=O)C(=O)N2CCC(C(N)=O)CC2)c2ccccc21. The fourth-order valence-corrected chi connectivity index (χ4v) is 4.01. The van der Waals surface area contributed by atoms with Crippen molar-refractivity contribution in [3.8, 4) is 0 Å². The third-order valence-electron chi connectivity index (χ3n) is 5.83. The number of Topliss-reactive ketones (excluding diaryl/α,β-unsaturated/α-hetero) is 1. The number of rotatable bonds is 7. The smallest absolute Gasteiger partial charge is 0.295 e. The Bertz CT molecular complexity index is 969. The standard InChI is InChI=1S/C22H28N4O4/c1-3-24(4-2)19(27)14-26-13-17(16-7-5-6-8-18(16)26)20(28)22(30)25-11-9-15(10-12-25)21(23)29/h5-8,13,15H,3-4,9-12,14H2,1-2H3,(H2,23,29). The number of hydrogen-bond acceptors (Lipinski definition) is 4. The highest BCUT2D eigenvalue weighted by molar-refractivity contribution is 6.44. The largest absolute Gasteiger partial charge is 0.369 e. The maximum absolute atomic E-state index is 13.0. The fourth-order valence-electron chi connectivity index (χ4n) is 4.01. The van der Waals surface area contributed by atoms with Crippen LogP contribution in [0, 0.1) is 5.92 Å². The molecule has 1 aliphatic heterocycles. The van der Waals surface area contributed by atoms with Crippen LogP contribution in [0.4, 0.5) is 0 Å². The van der Waals surface area contributed by atoms with Crippen LogP contribution in [0.2, 0.25) is 0 Å². The summed E-state index contributed by atoms with van der Waals surface area (Å²) in [6, 6.07) is 7.27. The first kappa shape index (κ1) is 21.5. The molecule has 0 radical (unpaired) electrons. The third-order valence-corrected chi connectivity index (χ3v) is 5.83. The van der Waals surface area contributed by atoms with E-state index in [4.69, 9.17) is 5.73 Å². The van der Waals surface area contributed by atoms with Crippen molar-refractivity contribution < 1.29 is 19.2 Å². The van der Waals surface area contributed by atoms with E-state index in [1.54, 1.807) is 27.8 Å². The monoisotopic (exact) mass is 412 g/mol. The molecular weight excluding hydrogens is 384 g/mol. The molecule has 2 heterocycles. The number of likely N-dealkylation sites (N-methyl/N-ethyl adjacent to an activating group) is 1. The molecule has 0 spiro atoms. The number of hydrogen-bond donors (Lipinski definition) is 1. The molecule has 1 fully saturated rings. The number of piperidine rings is 1. The summed E-state index contributed by atoms with van der Waals surface area (Å²) in [7, 11) is 0. The molecule has 0 bridgehead atoms. The number of carbonyl (C=O) groups is 4. The van der Waals surface area contributed by atoms with Gasteiger partial charge in [0.05, 0.1) is 5.56 Å². The van der Waals surface area contributed by atoms with Crippen molar-refractivity contribution in [2.45, 2.75) is 33.2 Å². The van der Waals surface area contributed by atoms with Gasteiger partial charge in [0.1, 0.15) is 6.54 Å². The van der Waals surface area contributed by atoms with E-state index in [-0.39, 0.29) is 24.3 Å². The number of ketones is 1. The molecule has 0 aliphatic carbocycles. The molecule has 1 saturated heterocycles. The zero-order chi connectivity index (χ0) is 21.8. The third kappa shape index (κ3) is 4.22.